The molecule has 0 spiro atoms. The maximum absolute atomic E-state index is 11.3. The molecule has 0 radical (unpaired) electrons. The van der Waals surface area contributed by atoms with Crippen LogP contribution >= 0.6 is 34.2 Å². The van der Waals surface area contributed by atoms with E-state index in [9.17, 15) is 4.79 Å². The molecule has 0 fully saturated rings. The second-order valence-corrected chi connectivity index (χ2v) is 5.41. The van der Waals surface area contributed by atoms with Crippen LogP contribution in [0.15, 0.2) is 34.7 Å². The monoisotopic (exact) mass is 391 g/mol. The lowest BCUT2D eigenvalue weighted by molar-refractivity contribution is 0.0562. The van der Waals surface area contributed by atoms with Crippen LogP contribution in [0.25, 0.3) is 0 Å². The summed E-state index contributed by atoms with van der Waals surface area (Å²) in [5, 5.41) is 0.633. The SMILES string of the molecule is COC(=O)c1ccc(C(N)c2ccc(I)c(Cl)c2)o1. The Kier molecular flexibility index (Phi) is 4.49. The first kappa shape index (κ1) is 14.4. The average Bonchev–Trinajstić information content (AvgIpc) is 2.89. The van der Waals surface area contributed by atoms with E-state index in [1.54, 1.807) is 12.1 Å². The molecule has 100 valence electrons. The highest BCUT2D eigenvalue weighted by molar-refractivity contribution is 14.1. The maximum atomic E-state index is 11.3. The summed E-state index contributed by atoms with van der Waals surface area (Å²) >= 11 is 8.20. The van der Waals surface area contributed by atoms with Gasteiger partial charge in [-0.3, -0.25) is 0 Å². The second kappa shape index (κ2) is 5.94. The molecule has 0 saturated heterocycles. The van der Waals surface area contributed by atoms with Crippen molar-refractivity contribution >= 4 is 40.2 Å². The Labute approximate surface area is 129 Å². The van der Waals surface area contributed by atoms with Gasteiger partial charge < -0.3 is 14.9 Å². The maximum Gasteiger partial charge on any atom is 0.373 e. The third-order valence-corrected chi connectivity index (χ3v) is 4.19. The lowest BCUT2D eigenvalue weighted by atomic mass is 10.1. The molecule has 1 aromatic carbocycles. The van der Waals surface area contributed by atoms with Gasteiger partial charge in [-0.25, -0.2) is 4.79 Å². The Morgan fingerprint density at radius 3 is 2.79 bits per heavy atom. The summed E-state index contributed by atoms with van der Waals surface area (Å²) < 4.78 is 10.9. The average molecular weight is 392 g/mol. The van der Waals surface area contributed by atoms with Crippen LogP contribution in [0.2, 0.25) is 5.02 Å². The van der Waals surface area contributed by atoms with E-state index < -0.39 is 12.0 Å². The van der Waals surface area contributed by atoms with Gasteiger partial charge in [0.2, 0.25) is 5.76 Å². The lowest BCUT2D eigenvalue weighted by Gasteiger charge is -2.10. The number of hydrogen-bond donors (Lipinski definition) is 1. The van der Waals surface area contributed by atoms with Crippen molar-refractivity contribution < 1.29 is 13.9 Å². The number of hydrogen-bond acceptors (Lipinski definition) is 4. The van der Waals surface area contributed by atoms with Crippen molar-refractivity contribution in [3.63, 3.8) is 0 Å². The van der Waals surface area contributed by atoms with E-state index in [4.69, 9.17) is 21.8 Å². The number of halogens is 2. The van der Waals surface area contributed by atoms with Gasteiger partial charge >= 0.3 is 5.97 Å². The van der Waals surface area contributed by atoms with E-state index in [0.717, 1.165) is 9.13 Å². The Morgan fingerprint density at radius 2 is 2.16 bits per heavy atom. The van der Waals surface area contributed by atoms with E-state index in [0.29, 0.717) is 10.8 Å². The van der Waals surface area contributed by atoms with Crippen LogP contribution in [-0.4, -0.2) is 13.1 Å². The van der Waals surface area contributed by atoms with Crippen molar-refractivity contribution in [3.8, 4) is 0 Å². The number of rotatable bonds is 3. The van der Waals surface area contributed by atoms with Gasteiger partial charge in [0.05, 0.1) is 18.2 Å². The van der Waals surface area contributed by atoms with E-state index in [2.05, 4.69) is 27.3 Å². The number of furan rings is 1. The standard InChI is InChI=1S/C13H11ClINO3/c1-18-13(17)11-5-4-10(19-11)12(16)7-2-3-9(15)8(14)6-7/h2-6,12H,16H2,1H3. The van der Waals surface area contributed by atoms with Crippen molar-refractivity contribution in [3.05, 3.63) is 56.0 Å². The predicted molar refractivity (Wildman–Crippen MR) is 80.2 cm³/mol. The van der Waals surface area contributed by atoms with Crippen LogP contribution in [0, 0.1) is 3.57 Å². The molecule has 2 rings (SSSR count). The number of ether oxygens (including phenoxy) is 1. The zero-order chi connectivity index (χ0) is 14.0. The molecule has 0 aliphatic rings. The molecule has 6 heteroatoms. The molecule has 1 heterocycles. The predicted octanol–water partition coefficient (Wildman–Crippen LogP) is 3.37. The molecule has 0 amide bonds. The molecular weight excluding hydrogens is 381 g/mol. The Hall–Kier alpha value is -1.05. The summed E-state index contributed by atoms with van der Waals surface area (Å²) in [6.07, 6.45) is 0. The molecule has 4 nitrogen and oxygen atoms in total. The first-order valence-electron chi connectivity index (χ1n) is 5.41. The van der Waals surface area contributed by atoms with Gasteiger partial charge in [0.15, 0.2) is 0 Å². The van der Waals surface area contributed by atoms with Crippen molar-refractivity contribution in [1.82, 2.24) is 0 Å². The Morgan fingerprint density at radius 1 is 1.42 bits per heavy atom. The van der Waals surface area contributed by atoms with Crippen LogP contribution in [0.3, 0.4) is 0 Å². The van der Waals surface area contributed by atoms with E-state index in [1.165, 1.54) is 13.2 Å². The zero-order valence-electron chi connectivity index (χ0n) is 10.0. The summed E-state index contributed by atoms with van der Waals surface area (Å²) in [4.78, 5) is 11.3. The fourth-order valence-corrected chi connectivity index (χ4v) is 2.12. The molecular formula is C13H11ClINO3. The summed E-state index contributed by atoms with van der Waals surface area (Å²) in [5.74, 6) is 0.0846. The first-order chi connectivity index (χ1) is 9.02. The van der Waals surface area contributed by atoms with Gasteiger partial charge in [0.1, 0.15) is 5.76 Å². The summed E-state index contributed by atoms with van der Waals surface area (Å²) in [6.45, 7) is 0. The van der Waals surface area contributed by atoms with Crippen molar-refractivity contribution in [2.75, 3.05) is 7.11 Å². The third-order valence-electron chi connectivity index (χ3n) is 2.62. The number of benzene rings is 1. The molecule has 0 aliphatic heterocycles. The second-order valence-electron chi connectivity index (χ2n) is 3.84. The number of carbonyl (C=O) groups excluding carboxylic acids is 1. The van der Waals surface area contributed by atoms with Gasteiger partial charge in [0.25, 0.3) is 0 Å². The first-order valence-corrected chi connectivity index (χ1v) is 6.87. The largest absolute Gasteiger partial charge is 0.463 e. The molecule has 2 aromatic rings. The highest BCUT2D eigenvalue weighted by Gasteiger charge is 2.17. The highest BCUT2D eigenvalue weighted by atomic mass is 127. The fourth-order valence-electron chi connectivity index (χ4n) is 1.60. The van der Waals surface area contributed by atoms with E-state index in [-0.39, 0.29) is 5.76 Å². The molecule has 2 N–H and O–H groups in total. The number of nitrogens with two attached hydrogens (primary N) is 1. The van der Waals surface area contributed by atoms with E-state index in [1.807, 2.05) is 12.1 Å². The summed E-state index contributed by atoms with van der Waals surface area (Å²) in [5.41, 5.74) is 6.90. The molecule has 1 atom stereocenters. The molecule has 0 aliphatic carbocycles. The molecule has 0 saturated carbocycles. The summed E-state index contributed by atoms with van der Waals surface area (Å²) in [6, 6.07) is 8.25. The number of methoxy groups -OCH3 is 1. The normalized spacial score (nSPS) is 12.2. The minimum absolute atomic E-state index is 0.129. The zero-order valence-corrected chi connectivity index (χ0v) is 12.9. The van der Waals surface area contributed by atoms with Gasteiger partial charge in [-0.1, -0.05) is 17.7 Å². The van der Waals surface area contributed by atoms with Crippen LogP contribution in [0.4, 0.5) is 0 Å². The van der Waals surface area contributed by atoms with Crippen molar-refractivity contribution in [1.29, 1.82) is 0 Å². The summed E-state index contributed by atoms with van der Waals surface area (Å²) in [7, 11) is 1.30. The lowest BCUT2D eigenvalue weighted by Crippen LogP contribution is -2.11. The van der Waals surface area contributed by atoms with Gasteiger partial charge in [0, 0.05) is 3.57 Å². The van der Waals surface area contributed by atoms with Gasteiger partial charge in [-0.2, -0.15) is 0 Å². The van der Waals surface area contributed by atoms with Crippen molar-refractivity contribution in [2.24, 2.45) is 5.73 Å². The molecule has 0 bridgehead atoms. The minimum atomic E-state index is -0.529. The topological polar surface area (TPSA) is 65.5 Å². The number of carbonyl (C=O) groups is 1. The van der Waals surface area contributed by atoms with Gasteiger partial charge in [-0.15, -0.1) is 0 Å². The molecule has 19 heavy (non-hydrogen) atoms. The van der Waals surface area contributed by atoms with Crippen LogP contribution < -0.4 is 5.73 Å². The van der Waals surface area contributed by atoms with Crippen LogP contribution in [-0.2, 0) is 4.74 Å². The smallest absolute Gasteiger partial charge is 0.373 e. The third kappa shape index (κ3) is 3.10. The van der Waals surface area contributed by atoms with Crippen LogP contribution in [0.5, 0.6) is 0 Å². The highest BCUT2D eigenvalue weighted by Crippen LogP contribution is 2.26. The number of esters is 1. The molecule has 1 unspecified atom stereocenters. The van der Waals surface area contributed by atoms with Gasteiger partial charge in [-0.05, 0) is 52.4 Å². The van der Waals surface area contributed by atoms with Crippen LogP contribution in [0.1, 0.15) is 27.9 Å². The van der Waals surface area contributed by atoms with E-state index >= 15 is 0 Å². The van der Waals surface area contributed by atoms with Crippen molar-refractivity contribution in [2.45, 2.75) is 6.04 Å². The Bertz CT molecular complexity index is 612. The quantitative estimate of drug-likeness (QED) is 0.643. The molecule has 1 aromatic heterocycles. The Balaban J connectivity index is 2.28. The fraction of sp³-hybridized carbons (Fsp3) is 0.154. The minimum Gasteiger partial charge on any atom is -0.463 e.